The van der Waals surface area contributed by atoms with Gasteiger partial charge in [0.05, 0.1) is 12.2 Å². The molecule has 0 amide bonds. The molecular formula is C6H10ClN3. The summed E-state index contributed by atoms with van der Waals surface area (Å²) in [6, 6.07) is 0. The van der Waals surface area contributed by atoms with Crippen LogP contribution in [0.25, 0.3) is 0 Å². The van der Waals surface area contributed by atoms with Crippen molar-refractivity contribution < 1.29 is 0 Å². The second-order valence-corrected chi connectivity index (χ2v) is 2.53. The fraction of sp³-hybridized carbons (Fsp3) is 0.500. The Kier molecular flexibility index (Phi) is 1.97. The van der Waals surface area contributed by atoms with Crippen LogP contribution < -0.4 is 5.73 Å². The predicted molar refractivity (Wildman–Crippen MR) is 40.8 cm³/mol. The van der Waals surface area contributed by atoms with Crippen LogP contribution in [-0.4, -0.2) is 9.55 Å². The summed E-state index contributed by atoms with van der Waals surface area (Å²) in [6.07, 6.45) is 0. The molecule has 0 aliphatic heterocycles. The summed E-state index contributed by atoms with van der Waals surface area (Å²) >= 11 is 5.82. The van der Waals surface area contributed by atoms with Gasteiger partial charge in [-0.15, -0.1) is 0 Å². The monoisotopic (exact) mass is 159 g/mol. The Morgan fingerprint density at radius 3 is 2.50 bits per heavy atom. The first-order valence-electron chi connectivity index (χ1n) is 3.04. The first kappa shape index (κ1) is 7.57. The Morgan fingerprint density at radius 2 is 2.30 bits per heavy atom. The molecule has 0 atom stereocenters. The normalized spacial score (nSPS) is 10.4. The molecule has 0 saturated carbocycles. The average Bonchev–Trinajstić information content (AvgIpc) is 2.17. The van der Waals surface area contributed by atoms with Crippen LogP contribution >= 0.6 is 11.6 Å². The summed E-state index contributed by atoms with van der Waals surface area (Å²) in [4.78, 5) is 4.13. The Balaban J connectivity index is 3.17. The zero-order valence-electron chi connectivity index (χ0n) is 6.06. The Morgan fingerprint density at radius 1 is 1.70 bits per heavy atom. The quantitative estimate of drug-likeness (QED) is 0.660. The van der Waals surface area contributed by atoms with E-state index in [4.69, 9.17) is 17.3 Å². The van der Waals surface area contributed by atoms with Crippen LogP contribution in [0.4, 0.5) is 0 Å². The fourth-order valence-electron chi connectivity index (χ4n) is 0.853. The number of aromatic nitrogens is 2. The SMILES string of the molecule is Cc1nc(CN)n(C)c1Cl. The molecule has 10 heavy (non-hydrogen) atoms. The van der Waals surface area contributed by atoms with Crippen LogP contribution in [0, 0.1) is 6.92 Å². The summed E-state index contributed by atoms with van der Waals surface area (Å²) < 4.78 is 1.79. The summed E-state index contributed by atoms with van der Waals surface area (Å²) in [5.74, 6) is 0.822. The lowest BCUT2D eigenvalue weighted by Crippen LogP contribution is -2.04. The number of hydrogen-bond acceptors (Lipinski definition) is 2. The van der Waals surface area contributed by atoms with E-state index < -0.39 is 0 Å². The summed E-state index contributed by atoms with van der Waals surface area (Å²) in [5, 5.41) is 0.667. The lowest BCUT2D eigenvalue weighted by molar-refractivity contribution is 0.794. The van der Waals surface area contributed by atoms with Crippen LogP contribution in [0.3, 0.4) is 0 Å². The largest absolute Gasteiger partial charge is 0.324 e. The van der Waals surface area contributed by atoms with Gasteiger partial charge in [-0.05, 0) is 6.92 Å². The minimum absolute atomic E-state index is 0.435. The molecule has 4 heteroatoms. The first-order chi connectivity index (χ1) is 4.66. The predicted octanol–water partition coefficient (Wildman–Crippen LogP) is 0.841. The van der Waals surface area contributed by atoms with Crippen molar-refractivity contribution in [3.8, 4) is 0 Å². The summed E-state index contributed by atoms with van der Waals surface area (Å²) in [7, 11) is 1.85. The molecule has 1 aromatic rings. The van der Waals surface area contributed by atoms with Crippen LogP contribution in [0.5, 0.6) is 0 Å². The van der Waals surface area contributed by atoms with E-state index in [0.29, 0.717) is 11.7 Å². The van der Waals surface area contributed by atoms with Gasteiger partial charge in [0.15, 0.2) is 0 Å². The van der Waals surface area contributed by atoms with Crippen LogP contribution in [0.2, 0.25) is 5.15 Å². The number of imidazole rings is 1. The number of rotatable bonds is 1. The highest BCUT2D eigenvalue weighted by atomic mass is 35.5. The maximum atomic E-state index is 5.82. The van der Waals surface area contributed by atoms with E-state index in [2.05, 4.69) is 4.98 Å². The molecule has 0 bridgehead atoms. The average molecular weight is 160 g/mol. The smallest absolute Gasteiger partial charge is 0.131 e. The van der Waals surface area contributed by atoms with Crippen LogP contribution in [0.1, 0.15) is 11.5 Å². The second-order valence-electron chi connectivity index (χ2n) is 2.17. The van der Waals surface area contributed by atoms with Gasteiger partial charge >= 0.3 is 0 Å². The van der Waals surface area contributed by atoms with Gasteiger partial charge in [-0.25, -0.2) is 4.98 Å². The summed E-state index contributed by atoms with van der Waals surface area (Å²) in [6.45, 7) is 2.30. The van der Waals surface area contributed by atoms with E-state index in [9.17, 15) is 0 Å². The molecule has 0 aromatic carbocycles. The van der Waals surface area contributed by atoms with E-state index in [1.807, 2.05) is 14.0 Å². The summed E-state index contributed by atoms with van der Waals surface area (Å²) in [5.41, 5.74) is 6.23. The van der Waals surface area contributed by atoms with Crippen molar-refractivity contribution in [2.45, 2.75) is 13.5 Å². The lowest BCUT2D eigenvalue weighted by atomic mass is 10.6. The molecule has 0 unspecified atom stereocenters. The maximum absolute atomic E-state index is 5.82. The van der Waals surface area contributed by atoms with Crippen molar-refractivity contribution in [1.29, 1.82) is 0 Å². The van der Waals surface area contributed by atoms with Crippen molar-refractivity contribution in [1.82, 2.24) is 9.55 Å². The zero-order valence-corrected chi connectivity index (χ0v) is 6.81. The zero-order chi connectivity index (χ0) is 7.72. The number of aryl methyl sites for hydroxylation is 1. The Bertz CT molecular complexity index is 241. The van der Waals surface area contributed by atoms with Gasteiger partial charge in [0.25, 0.3) is 0 Å². The molecule has 1 rings (SSSR count). The van der Waals surface area contributed by atoms with E-state index in [1.165, 1.54) is 0 Å². The molecule has 0 spiro atoms. The van der Waals surface area contributed by atoms with Crippen molar-refractivity contribution >= 4 is 11.6 Å². The third-order valence-corrected chi connectivity index (χ3v) is 1.99. The van der Waals surface area contributed by atoms with Gasteiger partial charge in [0.1, 0.15) is 11.0 Å². The standard InChI is InChI=1S/C6H10ClN3/c1-4-6(7)10(2)5(3-8)9-4/h3,8H2,1-2H3. The topological polar surface area (TPSA) is 43.8 Å². The first-order valence-corrected chi connectivity index (χ1v) is 3.42. The van der Waals surface area contributed by atoms with Gasteiger partial charge in [0.2, 0.25) is 0 Å². The molecule has 56 valence electrons. The van der Waals surface area contributed by atoms with Gasteiger partial charge < -0.3 is 10.3 Å². The van der Waals surface area contributed by atoms with Gasteiger partial charge in [-0.3, -0.25) is 0 Å². The third-order valence-electron chi connectivity index (χ3n) is 1.46. The Hall–Kier alpha value is -0.540. The van der Waals surface area contributed by atoms with Crippen LogP contribution in [0.15, 0.2) is 0 Å². The third kappa shape index (κ3) is 1.02. The number of nitrogens with zero attached hydrogens (tertiary/aromatic N) is 2. The minimum Gasteiger partial charge on any atom is -0.324 e. The van der Waals surface area contributed by atoms with E-state index in [-0.39, 0.29) is 0 Å². The molecule has 0 fully saturated rings. The molecule has 0 saturated heterocycles. The fourth-order valence-corrected chi connectivity index (χ4v) is 0.993. The molecule has 0 aliphatic carbocycles. The Labute approximate surface area is 64.8 Å². The maximum Gasteiger partial charge on any atom is 0.131 e. The van der Waals surface area contributed by atoms with Crippen LogP contribution in [-0.2, 0) is 13.6 Å². The highest BCUT2D eigenvalue weighted by Gasteiger charge is 2.05. The number of halogens is 1. The molecule has 2 N–H and O–H groups in total. The molecule has 1 heterocycles. The molecule has 3 nitrogen and oxygen atoms in total. The number of nitrogens with two attached hydrogens (primary N) is 1. The highest BCUT2D eigenvalue weighted by Crippen LogP contribution is 2.14. The second kappa shape index (κ2) is 2.60. The van der Waals surface area contributed by atoms with E-state index in [1.54, 1.807) is 4.57 Å². The van der Waals surface area contributed by atoms with Crippen molar-refractivity contribution in [2.75, 3.05) is 0 Å². The molecule has 1 aromatic heterocycles. The van der Waals surface area contributed by atoms with E-state index in [0.717, 1.165) is 11.5 Å². The molecule has 0 radical (unpaired) electrons. The van der Waals surface area contributed by atoms with Crippen molar-refractivity contribution in [3.63, 3.8) is 0 Å². The highest BCUT2D eigenvalue weighted by molar-refractivity contribution is 6.30. The van der Waals surface area contributed by atoms with Crippen molar-refractivity contribution in [3.05, 3.63) is 16.7 Å². The minimum atomic E-state index is 0.435. The van der Waals surface area contributed by atoms with Crippen molar-refractivity contribution in [2.24, 2.45) is 12.8 Å². The van der Waals surface area contributed by atoms with E-state index >= 15 is 0 Å². The van der Waals surface area contributed by atoms with Gasteiger partial charge in [-0.2, -0.15) is 0 Å². The number of hydrogen-bond donors (Lipinski definition) is 1. The van der Waals surface area contributed by atoms with Gasteiger partial charge in [-0.1, -0.05) is 11.6 Å². The molecule has 0 aliphatic rings. The lowest BCUT2D eigenvalue weighted by Gasteiger charge is -1.96. The molecular weight excluding hydrogens is 150 g/mol. The van der Waals surface area contributed by atoms with Gasteiger partial charge in [0, 0.05) is 7.05 Å².